The summed E-state index contributed by atoms with van der Waals surface area (Å²) in [6.07, 6.45) is -1.04. The molecule has 2 saturated heterocycles. The number of nitrogens with one attached hydrogen (secondary N) is 1. The Kier molecular flexibility index (Phi) is 21.9. The van der Waals surface area contributed by atoms with Gasteiger partial charge in [-0.3, -0.25) is 47.9 Å². The quantitative estimate of drug-likeness (QED) is 0.0524. The van der Waals surface area contributed by atoms with E-state index in [0.29, 0.717) is 38.5 Å². The van der Waals surface area contributed by atoms with Crippen LogP contribution in [0.15, 0.2) is 0 Å². The summed E-state index contributed by atoms with van der Waals surface area (Å²) in [5, 5.41) is 2.70. The van der Waals surface area contributed by atoms with E-state index in [0.717, 1.165) is 12.8 Å². The van der Waals surface area contributed by atoms with Gasteiger partial charge in [0.2, 0.25) is 5.91 Å². The predicted octanol–water partition coefficient (Wildman–Crippen LogP) is 4.28. The smallest absolute Gasteiger partial charge is 0.317 e. The Morgan fingerprint density at radius 2 is 1.10 bits per heavy atom. The summed E-state index contributed by atoms with van der Waals surface area (Å²) in [6.45, 7) is 12.5. The van der Waals surface area contributed by atoms with Crippen LogP contribution in [0.2, 0.25) is 0 Å². The Labute approximate surface area is 351 Å². The highest BCUT2D eigenvalue weighted by Gasteiger charge is 2.41. The second-order valence-corrected chi connectivity index (χ2v) is 16.1. The summed E-state index contributed by atoms with van der Waals surface area (Å²) in [5.41, 5.74) is 0. The van der Waals surface area contributed by atoms with Crippen molar-refractivity contribution in [3.05, 3.63) is 0 Å². The van der Waals surface area contributed by atoms with Gasteiger partial charge in [-0.1, -0.05) is 33.6 Å². The number of unbranched alkanes of at least 4 members (excludes halogenated alkanes) is 2. The number of hydrogen-bond acceptors (Lipinski definition) is 17. The number of amides is 1. The van der Waals surface area contributed by atoms with E-state index in [2.05, 4.69) is 14.8 Å². The van der Waals surface area contributed by atoms with Crippen LogP contribution in [0.5, 0.6) is 0 Å². The van der Waals surface area contributed by atoms with Gasteiger partial charge in [-0.05, 0) is 63.7 Å². The zero-order valence-corrected chi connectivity index (χ0v) is 36.1. The molecule has 0 aromatic heterocycles. The second-order valence-electron chi connectivity index (χ2n) is 16.1. The van der Waals surface area contributed by atoms with Gasteiger partial charge in [0, 0.05) is 34.1 Å². The zero-order valence-electron chi connectivity index (χ0n) is 36.1. The first kappa shape index (κ1) is 51.2. The minimum Gasteiger partial charge on any atom is -0.463 e. The van der Waals surface area contributed by atoms with Gasteiger partial charge in [-0.25, -0.2) is 0 Å². The van der Waals surface area contributed by atoms with Crippen molar-refractivity contribution in [1.82, 2.24) is 5.32 Å². The summed E-state index contributed by atoms with van der Waals surface area (Å²) in [7, 11) is 0. The van der Waals surface area contributed by atoms with Crippen molar-refractivity contribution < 1.29 is 81.1 Å². The molecule has 0 spiro atoms. The maximum absolute atomic E-state index is 13.4. The van der Waals surface area contributed by atoms with Crippen LogP contribution >= 0.6 is 0 Å². The zero-order chi connectivity index (χ0) is 45.1. The van der Waals surface area contributed by atoms with Crippen LogP contribution < -0.4 is 5.32 Å². The van der Waals surface area contributed by atoms with E-state index in [9.17, 15) is 47.9 Å². The third-order valence-electron chi connectivity index (χ3n) is 10.3. The average Bonchev–Trinajstić information content (AvgIpc) is 3.61. The molecule has 2 aliphatic heterocycles. The minimum absolute atomic E-state index is 0.120. The first-order valence-corrected chi connectivity index (χ1v) is 20.8. The standard InChI is InChI=1S/C42H63NO17/c1-9-10-13-24(3)40(58-37(49)19-31-21-39(51)60-42(31)53)35(57-36(48)18-30-20-38(50)59-41(30)52)17-23(2)16-32(54-27(6)45)14-11-12-15-33(55-28(7)46)22-34(56-29(8)47)25(4)43-26(5)44/h23-25,30-35,40H,9-22H2,1-8H3,(H,43,44)/t23-,24+,25-,30?,31?,32+,33+,34-,35-,40+/m0/s1. The topological polar surface area (TPSA) is 247 Å². The number of carbonyl (C=O) groups excluding carboxylic acids is 10. The molecular weight excluding hydrogens is 790 g/mol. The highest BCUT2D eigenvalue weighted by molar-refractivity contribution is 5.97. The van der Waals surface area contributed by atoms with Crippen molar-refractivity contribution in [2.45, 2.75) is 182 Å². The molecule has 0 aliphatic carbocycles. The predicted molar refractivity (Wildman–Crippen MR) is 208 cm³/mol. The molecule has 10 atom stereocenters. The fraction of sp³-hybridized carbons (Fsp3) is 0.762. The van der Waals surface area contributed by atoms with Crippen LogP contribution in [0.25, 0.3) is 0 Å². The lowest BCUT2D eigenvalue weighted by Gasteiger charge is -2.33. The highest BCUT2D eigenvalue weighted by atomic mass is 16.6. The van der Waals surface area contributed by atoms with Gasteiger partial charge in [0.15, 0.2) is 0 Å². The van der Waals surface area contributed by atoms with Gasteiger partial charge in [-0.2, -0.15) is 0 Å². The molecule has 0 aromatic carbocycles. The van der Waals surface area contributed by atoms with Crippen molar-refractivity contribution >= 4 is 59.6 Å². The van der Waals surface area contributed by atoms with E-state index >= 15 is 0 Å². The van der Waals surface area contributed by atoms with Gasteiger partial charge in [0.1, 0.15) is 30.5 Å². The van der Waals surface area contributed by atoms with Crippen molar-refractivity contribution in [3.63, 3.8) is 0 Å². The van der Waals surface area contributed by atoms with Crippen molar-refractivity contribution in [2.24, 2.45) is 23.7 Å². The molecule has 2 unspecified atom stereocenters. The van der Waals surface area contributed by atoms with Crippen LogP contribution in [0.1, 0.15) is 145 Å². The number of carbonyl (C=O) groups is 10. The van der Waals surface area contributed by atoms with E-state index in [1.54, 1.807) is 6.92 Å². The summed E-state index contributed by atoms with van der Waals surface area (Å²) < 4.78 is 37.8. The maximum atomic E-state index is 13.4. The van der Waals surface area contributed by atoms with E-state index in [1.807, 2.05) is 20.8 Å². The molecule has 0 aromatic rings. The molecule has 1 amide bonds. The lowest BCUT2D eigenvalue weighted by molar-refractivity contribution is -0.176. The molecule has 2 fully saturated rings. The van der Waals surface area contributed by atoms with Gasteiger partial charge in [-0.15, -0.1) is 0 Å². The number of ether oxygens (including phenoxy) is 7. The maximum Gasteiger partial charge on any atom is 0.317 e. The molecule has 0 bridgehead atoms. The molecule has 0 radical (unpaired) electrons. The Morgan fingerprint density at radius 1 is 0.617 bits per heavy atom. The summed E-state index contributed by atoms with van der Waals surface area (Å²) >= 11 is 0. The second kappa shape index (κ2) is 25.7. The number of esters is 9. The van der Waals surface area contributed by atoms with Gasteiger partial charge >= 0.3 is 53.7 Å². The normalized spacial score (nSPS) is 20.3. The van der Waals surface area contributed by atoms with E-state index < -0.39 is 115 Å². The molecular formula is C42H63NO17. The molecule has 0 saturated carbocycles. The molecule has 18 nitrogen and oxygen atoms in total. The van der Waals surface area contributed by atoms with Crippen LogP contribution in [-0.4, -0.2) is 96.2 Å². The lowest BCUT2D eigenvalue weighted by Crippen LogP contribution is -2.44. The third-order valence-corrected chi connectivity index (χ3v) is 10.3. The molecule has 2 aliphatic rings. The molecule has 1 N–H and O–H groups in total. The highest BCUT2D eigenvalue weighted by Crippen LogP contribution is 2.31. The van der Waals surface area contributed by atoms with Gasteiger partial charge in [0.25, 0.3) is 0 Å². The first-order valence-electron chi connectivity index (χ1n) is 20.8. The summed E-state index contributed by atoms with van der Waals surface area (Å²) in [5.74, 6) is -9.45. The Balaban J connectivity index is 2.26. The summed E-state index contributed by atoms with van der Waals surface area (Å²) in [4.78, 5) is 122. The van der Waals surface area contributed by atoms with Crippen LogP contribution in [0, 0.1) is 23.7 Å². The number of rotatable bonds is 27. The number of hydrogen-bond donors (Lipinski definition) is 1. The Morgan fingerprint density at radius 3 is 1.53 bits per heavy atom. The fourth-order valence-corrected chi connectivity index (χ4v) is 7.52. The van der Waals surface area contributed by atoms with Gasteiger partial charge in [0.05, 0.1) is 43.6 Å². The third kappa shape index (κ3) is 19.4. The molecule has 60 heavy (non-hydrogen) atoms. The van der Waals surface area contributed by atoms with Crippen LogP contribution in [0.3, 0.4) is 0 Å². The first-order chi connectivity index (χ1) is 28.2. The Bertz CT molecular complexity index is 1540. The van der Waals surface area contributed by atoms with Crippen LogP contribution in [0.4, 0.5) is 0 Å². The molecule has 2 rings (SSSR count). The number of cyclic esters (lactones) is 4. The van der Waals surface area contributed by atoms with E-state index in [-0.39, 0.29) is 43.4 Å². The summed E-state index contributed by atoms with van der Waals surface area (Å²) in [6, 6.07) is -0.555. The monoisotopic (exact) mass is 853 g/mol. The fourth-order valence-electron chi connectivity index (χ4n) is 7.52. The lowest BCUT2D eigenvalue weighted by atomic mass is 9.87. The SMILES string of the molecule is CCCC[C@@H](C)[C@@H](OC(=O)CC1CC(=O)OC1=O)[C@H](C[C@@H](C)C[C@@H](CCCC[C@H](C[C@H](OC(C)=O)[C@H](C)NC(C)=O)OC(C)=O)OC(C)=O)OC(=O)CC1CC(=O)OC1=O. The molecule has 338 valence electrons. The van der Waals surface area contributed by atoms with Crippen molar-refractivity contribution in [3.8, 4) is 0 Å². The molecule has 18 heteroatoms. The largest absolute Gasteiger partial charge is 0.463 e. The Hall–Kier alpha value is -4.90. The van der Waals surface area contributed by atoms with Crippen molar-refractivity contribution in [2.75, 3.05) is 0 Å². The minimum atomic E-state index is -1.07. The molecule has 2 heterocycles. The van der Waals surface area contributed by atoms with E-state index in [1.165, 1.54) is 27.7 Å². The van der Waals surface area contributed by atoms with E-state index in [4.69, 9.17) is 23.7 Å². The average molecular weight is 854 g/mol. The van der Waals surface area contributed by atoms with Crippen molar-refractivity contribution in [1.29, 1.82) is 0 Å². The van der Waals surface area contributed by atoms with Crippen LogP contribution in [-0.2, 0) is 81.1 Å². The van der Waals surface area contributed by atoms with Gasteiger partial charge < -0.3 is 38.5 Å².